The topological polar surface area (TPSA) is 72.9 Å². The lowest BCUT2D eigenvalue weighted by molar-refractivity contribution is -0.138. The van der Waals surface area contributed by atoms with Gasteiger partial charge in [-0.2, -0.15) is 0 Å². The molecule has 2 N–H and O–H groups in total. The van der Waals surface area contributed by atoms with Gasteiger partial charge in [-0.3, -0.25) is 14.5 Å². The number of carbonyl (C=O) groups is 2. The second-order valence-electron chi connectivity index (χ2n) is 4.59. The summed E-state index contributed by atoms with van der Waals surface area (Å²) in [6.45, 7) is 3.54. The van der Waals surface area contributed by atoms with Crippen molar-refractivity contribution in [3.63, 3.8) is 0 Å². The molecule has 1 fully saturated rings. The quantitative estimate of drug-likeness (QED) is 0.662. The number of hydrogen-bond donors (Lipinski definition) is 2. The molecule has 1 rings (SSSR count). The molecular formula is C11H21N3O3. The van der Waals surface area contributed by atoms with Gasteiger partial charge in [0.15, 0.2) is 0 Å². The molecule has 1 aliphatic rings. The van der Waals surface area contributed by atoms with Crippen molar-refractivity contribution in [2.45, 2.75) is 18.9 Å². The third kappa shape index (κ3) is 5.14. The average Bonchev–Trinajstić information content (AvgIpc) is 2.27. The maximum absolute atomic E-state index is 11.4. The third-order valence-electron chi connectivity index (χ3n) is 3.08. The summed E-state index contributed by atoms with van der Waals surface area (Å²) < 4.78 is 0. The van der Waals surface area contributed by atoms with Crippen molar-refractivity contribution in [3.05, 3.63) is 0 Å². The lowest BCUT2D eigenvalue weighted by Gasteiger charge is -2.37. The fraction of sp³-hybridized carbons (Fsp3) is 0.818. The van der Waals surface area contributed by atoms with Crippen molar-refractivity contribution in [1.29, 1.82) is 0 Å². The largest absolute Gasteiger partial charge is 0.481 e. The molecule has 1 saturated heterocycles. The summed E-state index contributed by atoms with van der Waals surface area (Å²) in [5.74, 6) is -1.12. The van der Waals surface area contributed by atoms with Crippen LogP contribution in [0.3, 0.4) is 0 Å². The summed E-state index contributed by atoms with van der Waals surface area (Å²) in [5, 5.41) is 11.2. The Morgan fingerprint density at radius 3 is 2.65 bits per heavy atom. The van der Waals surface area contributed by atoms with Gasteiger partial charge in [0.1, 0.15) is 0 Å². The Labute approximate surface area is 102 Å². The molecule has 0 bridgehead atoms. The molecular weight excluding hydrogens is 222 g/mol. The minimum atomic E-state index is -0.935. The SMILES string of the molecule is CN1CCN(C)C(CNC(=O)CCC(=O)O)C1. The Hall–Kier alpha value is -1.14. The second-order valence-corrected chi connectivity index (χ2v) is 4.59. The summed E-state index contributed by atoms with van der Waals surface area (Å²) in [6.07, 6.45) is -0.0478. The lowest BCUT2D eigenvalue weighted by atomic mass is 10.2. The number of nitrogens with one attached hydrogen (secondary N) is 1. The molecule has 98 valence electrons. The smallest absolute Gasteiger partial charge is 0.303 e. The highest BCUT2D eigenvalue weighted by Gasteiger charge is 2.22. The van der Waals surface area contributed by atoms with Crippen LogP contribution >= 0.6 is 0 Å². The average molecular weight is 243 g/mol. The van der Waals surface area contributed by atoms with Crippen molar-refractivity contribution in [3.8, 4) is 0 Å². The van der Waals surface area contributed by atoms with Crippen LogP contribution in [0, 0.1) is 0 Å². The highest BCUT2D eigenvalue weighted by atomic mass is 16.4. The standard InChI is InChI=1S/C11H21N3O3/c1-13-5-6-14(2)9(8-13)7-12-10(15)3-4-11(16)17/h9H,3-8H2,1-2H3,(H,12,15)(H,16,17). The number of nitrogens with zero attached hydrogens (tertiary/aromatic N) is 2. The first-order valence-electron chi connectivity index (χ1n) is 5.86. The van der Waals surface area contributed by atoms with Crippen LogP contribution in [0.2, 0.25) is 0 Å². The minimum Gasteiger partial charge on any atom is -0.481 e. The number of likely N-dealkylation sites (N-methyl/N-ethyl adjacent to an activating group) is 2. The maximum atomic E-state index is 11.4. The van der Waals surface area contributed by atoms with Crippen molar-refractivity contribution in [1.82, 2.24) is 15.1 Å². The highest BCUT2D eigenvalue weighted by molar-refractivity contribution is 5.80. The van der Waals surface area contributed by atoms with Gasteiger partial charge in [-0.05, 0) is 14.1 Å². The van der Waals surface area contributed by atoms with Crippen LogP contribution in [-0.2, 0) is 9.59 Å². The van der Waals surface area contributed by atoms with Gasteiger partial charge in [0.2, 0.25) is 5.91 Å². The van der Waals surface area contributed by atoms with E-state index in [-0.39, 0.29) is 18.7 Å². The van der Waals surface area contributed by atoms with Crippen LogP contribution in [0.25, 0.3) is 0 Å². The molecule has 17 heavy (non-hydrogen) atoms. The summed E-state index contributed by atoms with van der Waals surface area (Å²) >= 11 is 0. The number of amides is 1. The Balaban J connectivity index is 2.24. The maximum Gasteiger partial charge on any atom is 0.303 e. The van der Waals surface area contributed by atoms with E-state index in [1.807, 2.05) is 7.05 Å². The van der Waals surface area contributed by atoms with Crippen LogP contribution in [0.1, 0.15) is 12.8 Å². The molecule has 1 unspecified atom stereocenters. The zero-order chi connectivity index (χ0) is 12.8. The van der Waals surface area contributed by atoms with Crippen LogP contribution in [0.5, 0.6) is 0 Å². The van der Waals surface area contributed by atoms with Crippen LogP contribution < -0.4 is 5.32 Å². The number of carboxylic acids is 1. The van der Waals surface area contributed by atoms with Gasteiger partial charge in [-0.25, -0.2) is 0 Å². The van der Waals surface area contributed by atoms with Gasteiger partial charge in [0.25, 0.3) is 0 Å². The highest BCUT2D eigenvalue weighted by Crippen LogP contribution is 2.04. The van der Waals surface area contributed by atoms with E-state index < -0.39 is 5.97 Å². The zero-order valence-corrected chi connectivity index (χ0v) is 10.5. The van der Waals surface area contributed by atoms with Crippen LogP contribution in [-0.4, -0.2) is 73.1 Å². The molecule has 0 aliphatic carbocycles. The molecule has 0 spiro atoms. The minimum absolute atomic E-state index is 0.0571. The van der Waals surface area contributed by atoms with Gasteiger partial charge in [0, 0.05) is 38.6 Å². The molecule has 0 aromatic rings. The predicted molar refractivity (Wildman–Crippen MR) is 63.8 cm³/mol. The van der Waals surface area contributed by atoms with E-state index in [0.717, 1.165) is 19.6 Å². The molecule has 6 nitrogen and oxygen atoms in total. The van der Waals surface area contributed by atoms with E-state index in [2.05, 4.69) is 22.2 Å². The first-order chi connectivity index (χ1) is 7.99. The lowest BCUT2D eigenvalue weighted by Crippen LogP contribution is -2.54. The summed E-state index contributed by atoms with van der Waals surface area (Å²) in [6, 6.07) is 0.308. The van der Waals surface area contributed by atoms with Crippen molar-refractivity contribution >= 4 is 11.9 Å². The van der Waals surface area contributed by atoms with Crippen LogP contribution in [0.4, 0.5) is 0 Å². The number of carbonyl (C=O) groups excluding carboxylic acids is 1. The normalized spacial score (nSPS) is 22.4. The van der Waals surface area contributed by atoms with E-state index in [0.29, 0.717) is 12.6 Å². The van der Waals surface area contributed by atoms with Gasteiger partial charge in [-0.15, -0.1) is 0 Å². The second kappa shape index (κ2) is 6.56. The molecule has 0 radical (unpaired) electrons. The Morgan fingerprint density at radius 2 is 2.00 bits per heavy atom. The number of carboxylic acid groups (broad SMARTS) is 1. The van der Waals surface area contributed by atoms with Gasteiger partial charge in [-0.1, -0.05) is 0 Å². The van der Waals surface area contributed by atoms with E-state index in [1.54, 1.807) is 0 Å². The zero-order valence-electron chi connectivity index (χ0n) is 10.5. The van der Waals surface area contributed by atoms with Crippen molar-refractivity contribution in [2.75, 3.05) is 40.3 Å². The summed E-state index contributed by atoms with van der Waals surface area (Å²) in [4.78, 5) is 26.1. The predicted octanol–water partition coefficient (Wildman–Crippen LogP) is -0.787. The van der Waals surface area contributed by atoms with Crippen molar-refractivity contribution in [2.24, 2.45) is 0 Å². The summed E-state index contributed by atoms with van der Waals surface area (Å²) in [5.41, 5.74) is 0. The Kier molecular flexibility index (Phi) is 5.37. The molecule has 1 atom stereocenters. The first kappa shape index (κ1) is 13.9. The molecule has 0 aromatic carbocycles. The van der Waals surface area contributed by atoms with Gasteiger partial charge >= 0.3 is 5.97 Å². The molecule has 0 saturated carbocycles. The molecule has 1 heterocycles. The Morgan fingerprint density at radius 1 is 1.29 bits per heavy atom. The van der Waals surface area contributed by atoms with E-state index in [9.17, 15) is 9.59 Å². The fourth-order valence-corrected chi connectivity index (χ4v) is 1.86. The number of rotatable bonds is 5. The monoisotopic (exact) mass is 243 g/mol. The first-order valence-corrected chi connectivity index (χ1v) is 5.86. The molecule has 1 aliphatic heterocycles. The molecule has 1 amide bonds. The number of piperazine rings is 1. The molecule has 0 aromatic heterocycles. The fourth-order valence-electron chi connectivity index (χ4n) is 1.86. The number of aliphatic carboxylic acids is 1. The van der Waals surface area contributed by atoms with Gasteiger partial charge in [0.05, 0.1) is 6.42 Å². The van der Waals surface area contributed by atoms with E-state index >= 15 is 0 Å². The number of hydrogen-bond acceptors (Lipinski definition) is 4. The van der Waals surface area contributed by atoms with E-state index in [4.69, 9.17) is 5.11 Å². The van der Waals surface area contributed by atoms with Crippen molar-refractivity contribution < 1.29 is 14.7 Å². The molecule has 6 heteroatoms. The summed E-state index contributed by atoms with van der Waals surface area (Å²) in [7, 11) is 4.10. The van der Waals surface area contributed by atoms with E-state index in [1.165, 1.54) is 0 Å². The van der Waals surface area contributed by atoms with Crippen LogP contribution in [0.15, 0.2) is 0 Å². The van der Waals surface area contributed by atoms with Gasteiger partial charge < -0.3 is 15.3 Å². The third-order valence-corrected chi connectivity index (χ3v) is 3.08. The Bertz CT molecular complexity index is 283.